The molecule has 0 aromatic carbocycles. The van der Waals surface area contributed by atoms with Gasteiger partial charge in [0.2, 0.25) is 0 Å². The van der Waals surface area contributed by atoms with Crippen molar-refractivity contribution in [2.45, 2.75) is 354 Å². The van der Waals surface area contributed by atoms with Gasteiger partial charge in [0, 0.05) is 25.7 Å². The van der Waals surface area contributed by atoms with E-state index in [9.17, 15) is 43.2 Å². The number of aliphatic hydroxyl groups excluding tert-OH is 1. The summed E-state index contributed by atoms with van der Waals surface area (Å²) in [7, 11) is -9.95. The minimum absolute atomic E-state index is 0.0870. The van der Waals surface area contributed by atoms with E-state index in [1.807, 2.05) is 12.2 Å². The van der Waals surface area contributed by atoms with Crippen LogP contribution in [0.1, 0.15) is 336 Å². The molecule has 0 aliphatic heterocycles. The van der Waals surface area contributed by atoms with Crippen LogP contribution in [-0.4, -0.2) is 96.7 Å². The average Bonchev–Trinajstić information content (AvgIpc) is 2.18. The molecule has 5 atom stereocenters. The third-order valence-electron chi connectivity index (χ3n) is 16.2. The molecule has 3 N–H and O–H groups in total. The number of allylic oxidation sites excluding steroid dienone is 12. The molecule has 0 fully saturated rings. The summed E-state index contributed by atoms with van der Waals surface area (Å²) in [5, 5.41) is 10.6. The maximum atomic E-state index is 13.1. The summed E-state index contributed by atoms with van der Waals surface area (Å²) in [6.45, 7) is 4.71. The van der Waals surface area contributed by atoms with Crippen molar-refractivity contribution in [2.24, 2.45) is 0 Å². The van der Waals surface area contributed by atoms with Gasteiger partial charge < -0.3 is 33.8 Å². The normalized spacial score (nSPS) is 14.4. The van der Waals surface area contributed by atoms with Gasteiger partial charge in [-0.2, -0.15) is 0 Å². The van der Waals surface area contributed by atoms with Crippen LogP contribution in [0.5, 0.6) is 0 Å². The molecule has 0 aliphatic rings. The van der Waals surface area contributed by atoms with E-state index in [4.69, 9.17) is 37.0 Å². The molecular weight excluding hydrogens is 1260 g/mol. The van der Waals surface area contributed by atoms with Crippen molar-refractivity contribution in [1.82, 2.24) is 0 Å². The van der Waals surface area contributed by atoms with Crippen LogP contribution in [-0.2, 0) is 65.4 Å². The van der Waals surface area contributed by atoms with Gasteiger partial charge in [0.15, 0.2) is 12.2 Å². The third kappa shape index (κ3) is 69.0. The molecule has 0 spiro atoms. The summed E-state index contributed by atoms with van der Waals surface area (Å²) in [5.41, 5.74) is 0. The lowest BCUT2D eigenvalue weighted by molar-refractivity contribution is -0.161. The molecule has 558 valence electrons. The summed E-state index contributed by atoms with van der Waals surface area (Å²) in [6, 6.07) is 0. The second-order valence-electron chi connectivity index (χ2n) is 25.6. The Hall–Kier alpha value is -3.50. The Balaban J connectivity index is 5.35. The number of unbranched alkanes of at least 4 members (excludes halogenated alkanes) is 34. The van der Waals surface area contributed by atoms with E-state index in [1.165, 1.54) is 128 Å². The van der Waals surface area contributed by atoms with Gasteiger partial charge in [0.25, 0.3) is 0 Å². The van der Waals surface area contributed by atoms with Crippen molar-refractivity contribution < 1.29 is 80.2 Å². The summed E-state index contributed by atoms with van der Waals surface area (Å²) in [5.74, 6) is -2.22. The number of esters is 4. The third-order valence-corrected chi connectivity index (χ3v) is 18.1. The van der Waals surface area contributed by atoms with Crippen molar-refractivity contribution >= 4 is 39.5 Å². The fraction of sp³-hybridized carbons (Fsp3) is 0.792. The lowest BCUT2D eigenvalue weighted by Crippen LogP contribution is -2.30. The molecule has 0 aromatic rings. The van der Waals surface area contributed by atoms with E-state index in [2.05, 4.69) is 88.5 Å². The number of ether oxygens (including phenoxy) is 4. The van der Waals surface area contributed by atoms with Gasteiger partial charge in [0.05, 0.1) is 26.4 Å². The average molecular weight is 1400 g/mol. The largest absolute Gasteiger partial charge is 0.472 e. The Morgan fingerprint density at radius 2 is 0.552 bits per heavy atom. The van der Waals surface area contributed by atoms with Crippen LogP contribution in [0.3, 0.4) is 0 Å². The highest BCUT2D eigenvalue weighted by Gasteiger charge is 2.30. The molecule has 17 nitrogen and oxygen atoms in total. The van der Waals surface area contributed by atoms with Crippen molar-refractivity contribution in [2.75, 3.05) is 39.6 Å². The standard InChI is InChI=1S/C77H138O17P2/c1-5-9-13-17-21-25-29-32-34-35-37-39-43-46-50-54-58-62-75(80)88-68-73(94-77(82)64-60-56-52-48-44-40-36-33-30-26-22-18-14-10-6-2)70-92-96(85,86)90-66-71(78)65-89-95(83,84)91-69-72(93-76(81)63-59-55-51-47-41-28-24-20-16-12-8-4)67-87-74(79)61-57-53-49-45-42-38-31-27-23-19-15-11-7-3/h9,13,21,25,27,31-32,34,37,39,46,50,71-73,78H,5-8,10-12,14-20,22-24,26,28-30,33,35-36,38,40-45,47-49,51-70H2,1-4H3,(H,83,84)(H,85,86)/b13-9-,25-21-,31-27-,34-32-,39-37-,50-46-. The van der Waals surface area contributed by atoms with Gasteiger partial charge in [-0.25, -0.2) is 9.13 Å². The van der Waals surface area contributed by atoms with Gasteiger partial charge in [0.1, 0.15) is 19.3 Å². The van der Waals surface area contributed by atoms with Gasteiger partial charge in [-0.05, 0) is 89.9 Å². The van der Waals surface area contributed by atoms with E-state index in [0.29, 0.717) is 32.1 Å². The number of carbonyl (C=O) groups excluding carboxylic acids is 4. The Labute approximate surface area is 583 Å². The molecule has 96 heavy (non-hydrogen) atoms. The molecule has 0 heterocycles. The summed E-state index contributed by atoms with van der Waals surface area (Å²) >= 11 is 0. The van der Waals surface area contributed by atoms with Crippen LogP contribution < -0.4 is 0 Å². The maximum Gasteiger partial charge on any atom is 0.472 e. The van der Waals surface area contributed by atoms with Crippen LogP contribution in [0.2, 0.25) is 0 Å². The van der Waals surface area contributed by atoms with Gasteiger partial charge in [-0.15, -0.1) is 0 Å². The fourth-order valence-electron chi connectivity index (χ4n) is 10.4. The minimum Gasteiger partial charge on any atom is -0.462 e. The highest BCUT2D eigenvalue weighted by atomic mass is 31.2. The van der Waals surface area contributed by atoms with Crippen molar-refractivity contribution in [3.8, 4) is 0 Å². The molecule has 0 amide bonds. The van der Waals surface area contributed by atoms with E-state index in [-0.39, 0.29) is 25.7 Å². The first-order valence-electron chi connectivity index (χ1n) is 38.2. The molecule has 0 saturated carbocycles. The summed E-state index contributed by atoms with van der Waals surface area (Å²) in [6.07, 6.45) is 69.0. The van der Waals surface area contributed by atoms with Crippen molar-refractivity contribution in [1.29, 1.82) is 0 Å². The van der Waals surface area contributed by atoms with Gasteiger partial charge in [-0.1, -0.05) is 293 Å². The molecule has 0 bridgehead atoms. The van der Waals surface area contributed by atoms with Crippen LogP contribution in [0.25, 0.3) is 0 Å². The Bertz CT molecular complexity index is 2110. The van der Waals surface area contributed by atoms with Crippen molar-refractivity contribution in [3.05, 3.63) is 72.9 Å². The zero-order valence-corrected chi connectivity index (χ0v) is 62.6. The highest BCUT2D eigenvalue weighted by Crippen LogP contribution is 2.45. The molecule has 0 aromatic heterocycles. The van der Waals surface area contributed by atoms with Crippen LogP contribution in [0, 0.1) is 0 Å². The quantitative estimate of drug-likeness (QED) is 0.0169. The SMILES string of the molecule is CC/C=C\C/C=C\C/C=C\C/C=C\C/C=C\CCCC(=O)OCC(COP(=O)(O)OCC(O)COP(=O)(O)OCC(COC(=O)CCCCCCC/C=C\CCCCCC)OC(=O)CCCCCCCCCCCCC)OC(=O)CCCCCCCCCCCCCCCCC. The number of phosphoric ester groups is 2. The highest BCUT2D eigenvalue weighted by molar-refractivity contribution is 7.47. The molecule has 0 rings (SSSR count). The number of rotatable bonds is 72. The smallest absolute Gasteiger partial charge is 0.462 e. The number of hydrogen-bond donors (Lipinski definition) is 3. The predicted octanol–water partition coefficient (Wildman–Crippen LogP) is 21.7. The Kier molecular flexibility index (Phi) is 67.4. The maximum absolute atomic E-state index is 13.1. The van der Waals surface area contributed by atoms with E-state index in [1.54, 1.807) is 0 Å². The van der Waals surface area contributed by atoms with Crippen molar-refractivity contribution in [3.63, 3.8) is 0 Å². The molecule has 0 saturated heterocycles. The van der Waals surface area contributed by atoms with Crippen LogP contribution in [0.15, 0.2) is 72.9 Å². The predicted molar refractivity (Wildman–Crippen MR) is 390 cm³/mol. The lowest BCUT2D eigenvalue weighted by atomic mass is 10.0. The first-order valence-corrected chi connectivity index (χ1v) is 41.2. The first-order chi connectivity index (χ1) is 46.7. The Morgan fingerprint density at radius 3 is 0.896 bits per heavy atom. The molecule has 19 heteroatoms. The number of phosphoric acid groups is 2. The zero-order chi connectivity index (χ0) is 70.4. The van der Waals surface area contributed by atoms with Crippen LogP contribution >= 0.6 is 15.6 Å². The fourth-order valence-corrected chi connectivity index (χ4v) is 11.9. The second kappa shape index (κ2) is 70.0. The topological polar surface area (TPSA) is 237 Å². The summed E-state index contributed by atoms with van der Waals surface area (Å²) < 4.78 is 68.4. The summed E-state index contributed by atoms with van der Waals surface area (Å²) in [4.78, 5) is 72.7. The van der Waals surface area contributed by atoms with E-state index in [0.717, 1.165) is 122 Å². The van der Waals surface area contributed by atoms with Gasteiger partial charge in [-0.3, -0.25) is 37.3 Å². The van der Waals surface area contributed by atoms with Gasteiger partial charge >= 0.3 is 39.5 Å². The number of carbonyl (C=O) groups is 4. The minimum atomic E-state index is -4.98. The van der Waals surface area contributed by atoms with Crippen LogP contribution in [0.4, 0.5) is 0 Å². The molecule has 5 unspecified atom stereocenters. The first kappa shape index (κ1) is 92.5. The molecular formula is C77H138O17P2. The molecule has 0 aliphatic carbocycles. The monoisotopic (exact) mass is 1400 g/mol. The van der Waals surface area contributed by atoms with E-state index >= 15 is 0 Å². The molecule has 0 radical (unpaired) electrons. The number of hydrogen-bond acceptors (Lipinski definition) is 15. The Morgan fingerprint density at radius 1 is 0.302 bits per heavy atom. The lowest BCUT2D eigenvalue weighted by Gasteiger charge is -2.21. The second-order valence-corrected chi connectivity index (χ2v) is 28.5. The zero-order valence-electron chi connectivity index (χ0n) is 60.8. The number of aliphatic hydroxyl groups is 1. The van der Waals surface area contributed by atoms with E-state index < -0.39 is 97.5 Å².